The zero-order valence-corrected chi connectivity index (χ0v) is 48.9. The SMILES string of the molecule is CCCCCCCCCCCCCCC/C=C/CC/C=C/C(O)C(COC1OC(CO)C(O)C(O)C1O)NC(=O)CCCCCCCCCCCCCCCCCCCCCCCCCCCCCCCCCC. The molecular weight excluding hydrogens is 923 g/mol. The van der Waals surface area contributed by atoms with Crippen molar-refractivity contribution in [3.05, 3.63) is 24.3 Å². The van der Waals surface area contributed by atoms with Gasteiger partial charge in [-0.1, -0.05) is 314 Å². The van der Waals surface area contributed by atoms with E-state index >= 15 is 0 Å². The molecule has 7 atom stereocenters. The fourth-order valence-corrected chi connectivity index (χ4v) is 10.6. The number of nitrogens with one attached hydrogen (secondary N) is 1. The summed E-state index contributed by atoms with van der Waals surface area (Å²) in [6.07, 6.45) is 64.2. The first-order valence-electron chi connectivity index (χ1n) is 32.6. The average molecular weight is 1050 g/mol. The number of carbonyl (C=O) groups is 1. The van der Waals surface area contributed by atoms with Crippen molar-refractivity contribution in [1.82, 2.24) is 5.32 Å². The van der Waals surface area contributed by atoms with E-state index in [1.54, 1.807) is 6.08 Å². The van der Waals surface area contributed by atoms with Crippen LogP contribution in [0.15, 0.2) is 24.3 Å². The van der Waals surface area contributed by atoms with E-state index < -0.39 is 49.5 Å². The Morgan fingerprint density at radius 2 is 0.770 bits per heavy atom. The van der Waals surface area contributed by atoms with Gasteiger partial charge >= 0.3 is 0 Å². The van der Waals surface area contributed by atoms with Crippen LogP contribution in [0.4, 0.5) is 0 Å². The van der Waals surface area contributed by atoms with Gasteiger partial charge in [0.25, 0.3) is 0 Å². The first kappa shape index (κ1) is 70.7. The van der Waals surface area contributed by atoms with Gasteiger partial charge < -0.3 is 40.3 Å². The van der Waals surface area contributed by atoms with Crippen molar-refractivity contribution in [3.8, 4) is 0 Å². The van der Waals surface area contributed by atoms with Crippen LogP contribution >= 0.6 is 0 Å². The molecule has 1 aliphatic rings. The van der Waals surface area contributed by atoms with Crippen LogP contribution in [0.3, 0.4) is 0 Å². The highest BCUT2D eigenvalue weighted by atomic mass is 16.7. The molecule has 0 radical (unpaired) electrons. The number of hydrogen-bond donors (Lipinski definition) is 6. The molecule has 0 aromatic heterocycles. The molecule has 7 unspecified atom stereocenters. The Labute approximate surface area is 458 Å². The van der Waals surface area contributed by atoms with Crippen molar-refractivity contribution in [1.29, 1.82) is 0 Å². The predicted molar refractivity (Wildman–Crippen MR) is 314 cm³/mol. The van der Waals surface area contributed by atoms with E-state index in [1.807, 2.05) is 6.08 Å². The third-order valence-electron chi connectivity index (χ3n) is 15.8. The second-order valence-electron chi connectivity index (χ2n) is 22.9. The normalized spacial score (nSPS) is 19.0. The maximum Gasteiger partial charge on any atom is 0.220 e. The Balaban J connectivity index is 2.13. The van der Waals surface area contributed by atoms with Gasteiger partial charge in [0.15, 0.2) is 6.29 Å². The minimum Gasteiger partial charge on any atom is -0.394 e. The molecule has 0 saturated carbocycles. The molecule has 1 rings (SSSR count). The van der Waals surface area contributed by atoms with Crippen molar-refractivity contribution in [2.75, 3.05) is 13.2 Å². The molecule has 0 bridgehead atoms. The highest BCUT2D eigenvalue weighted by molar-refractivity contribution is 5.76. The molecule has 6 N–H and O–H groups in total. The third kappa shape index (κ3) is 43.6. The molecule has 1 saturated heterocycles. The van der Waals surface area contributed by atoms with Gasteiger partial charge in [0.05, 0.1) is 25.4 Å². The Morgan fingerprint density at radius 3 is 1.14 bits per heavy atom. The molecule has 1 amide bonds. The van der Waals surface area contributed by atoms with Crippen molar-refractivity contribution in [2.24, 2.45) is 0 Å². The Kier molecular flexibility index (Phi) is 52.5. The molecule has 0 aromatic carbocycles. The number of hydrogen-bond acceptors (Lipinski definition) is 8. The number of allylic oxidation sites excluding steroid dienone is 3. The van der Waals surface area contributed by atoms with E-state index in [2.05, 4.69) is 31.3 Å². The first-order valence-corrected chi connectivity index (χ1v) is 32.6. The van der Waals surface area contributed by atoms with Gasteiger partial charge in [0.1, 0.15) is 24.4 Å². The van der Waals surface area contributed by atoms with Gasteiger partial charge in [-0.2, -0.15) is 0 Å². The second kappa shape index (κ2) is 55.0. The van der Waals surface area contributed by atoms with Crippen LogP contribution in [-0.4, -0.2) is 87.5 Å². The quantitative estimate of drug-likeness (QED) is 0.0261. The molecule has 438 valence electrons. The van der Waals surface area contributed by atoms with Crippen LogP contribution in [-0.2, 0) is 14.3 Å². The summed E-state index contributed by atoms with van der Waals surface area (Å²) in [7, 11) is 0. The number of unbranched alkanes of at least 4 members (excludes halogenated alkanes) is 45. The maximum absolute atomic E-state index is 13.1. The standard InChI is InChI=1S/C65H125NO8/c1-3-5-7-9-11-13-15-17-19-21-23-24-25-26-27-28-29-30-31-32-33-34-35-37-39-41-43-45-47-49-51-53-55-61(69)66-58(57-73-65-64(72)63(71)62(70)60(56-67)74-65)59(68)54-52-50-48-46-44-42-40-38-36-22-20-18-16-14-12-10-8-6-4-2/h44,46,52,54,58-60,62-65,67-68,70-72H,3-43,45,47-51,53,55-57H2,1-2H3,(H,66,69)/b46-44+,54-52+. The summed E-state index contributed by atoms with van der Waals surface area (Å²) in [5.74, 6) is -0.179. The number of ether oxygens (including phenoxy) is 2. The average Bonchev–Trinajstić information content (AvgIpc) is 3.40. The zero-order valence-electron chi connectivity index (χ0n) is 48.9. The summed E-state index contributed by atoms with van der Waals surface area (Å²) < 4.78 is 11.3. The highest BCUT2D eigenvalue weighted by Crippen LogP contribution is 2.23. The summed E-state index contributed by atoms with van der Waals surface area (Å²) in [4.78, 5) is 13.1. The lowest BCUT2D eigenvalue weighted by molar-refractivity contribution is -0.302. The lowest BCUT2D eigenvalue weighted by atomic mass is 9.99. The topological polar surface area (TPSA) is 149 Å². The van der Waals surface area contributed by atoms with E-state index in [1.165, 1.54) is 270 Å². The molecule has 0 aromatic rings. The number of carbonyl (C=O) groups excluding carboxylic acids is 1. The van der Waals surface area contributed by atoms with Gasteiger partial charge in [-0.15, -0.1) is 0 Å². The van der Waals surface area contributed by atoms with Crippen molar-refractivity contribution in [3.63, 3.8) is 0 Å². The summed E-state index contributed by atoms with van der Waals surface area (Å²) in [5.41, 5.74) is 0. The molecule has 9 nitrogen and oxygen atoms in total. The highest BCUT2D eigenvalue weighted by Gasteiger charge is 2.44. The van der Waals surface area contributed by atoms with Gasteiger partial charge in [-0.25, -0.2) is 0 Å². The smallest absolute Gasteiger partial charge is 0.220 e. The largest absolute Gasteiger partial charge is 0.394 e. The van der Waals surface area contributed by atoms with Crippen LogP contribution in [0.5, 0.6) is 0 Å². The first-order chi connectivity index (χ1) is 36.3. The second-order valence-corrected chi connectivity index (χ2v) is 22.9. The van der Waals surface area contributed by atoms with Gasteiger partial charge in [0, 0.05) is 6.42 Å². The summed E-state index contributed by atoms with van der Waals surface area (Å²) in [5, 5.41) is 54.6. The molecule has 0 spiro atoms. The summed E-state index contributed by atoms with van der Waals surface area (Å²) in [6, 6.07) is -0.819. The van der Waals surface area contributed by atoms with E-state index in [0.29, 0.717) is 6.42 Å². The van der Waals surface area contributed by atoms with E-state index in [9.17, 15) is 30.3 Å². The Morgan fingerprint density at radius 1 is 0.446 bits per heavy atom. The Hall–Kier alpha value is -1.33. The maximum atomic E-state index is 13.1. The minimum atomic E-state index is -1.57. The minimum absolute atomic E-state index is 0.179. The molecule has 0 aliphatic carbocycles. The van der Waals surface area contributed by atoms with Crippen LogP contribution in [0, 0.1) is 0 Å². The van der Waals surface area contributed by atoms with E-state index in [-0.39, 0.29) is 12.5 Å². The van der Waals surface area contributed by atoms with Crippen LogP contribution in [0.2, 0.25) is 0 Å². The fraction of sp³-hybridized carbons (Fsp3) is 0.923. The third-order valence-corrected chi connectivity index (χ3v) is 15.8. The number of amides is 1. The van der Waals surface area contributed by atoms with Crippen molar-refractivity contribution < 1.29 is 39.8 Å². The fourth-order valence-electron chi connectivity index (χ4n) is 10.6. The summed E-state index contributed by atoms with van der Waals surface area (Å²) >= 11 is 0. The van der Waals surface area contributed by atoms with E-state index in [0.717, 1.165) is 38.5 Å². The zero-order chi connectivity index (χ0) is 53.6. The molecule has 1 heterocycles. The number of aliphatic hydroxyl groups excluding tert-OH is 5. The Bertz CT molecular complexity index is 1210. The van der Waals surface area contributed by atoms with Crippen LogP contribution < -0.4 is 5.32 Å². The lowest BCUT2D eigenvalue weighted by Crippen LogP contribution is -2.60. The number of rotatable bonds is 57. The van der Waals surface area contributed by atoms with Crippen LogP contribution in [0.25, 0.3) is 0 Å². The molecule has 1 aliphatic heterocycles. The van der Waals surface area contributed by atoms with Crippen molar-refractivity contribution in [2.45, 2.75) is 371 Å². The van der Waals surface area contributed by atoms with E-state index in [4.69, 9.17) is 9.47 Å². The molecule has 1 fully saturated rings. The summed E-state index contributed by atoms with van der Waals surface area (Å²) in [6.45, 7) is 3.81. The molecule has 74 heavy (non-hydrogen) atoms. The number of aliphatic hydroxyl groups is 5. The van der Waals surface area contributed by atoms with Crippen LogP contribution in [0.1, 0.15) is 328 Å². The predicted octanol–water partition coefficient (Wildman–Crippen LogP) is 16.9. The van der Waals surface area contributed by atoms with Gasteiger partial charge in [-0.3, -0.25) is 4.79 Å². The van der Waals surface area contributed by atoms with Gasteiger partial charge in [-0.05, 0) is 32.1 Å². The lowest BCUT2D eigenvalue weighted by Gasteiger charge is -2.40. The molecular formula is C65H125NO8. The van der Waals surface area contributed by atoms with Gasteiger partial charge in [0.2, 0.25) is 5.91 Å². The molecule has 9 heteroatoms. The van der Waals surface area contributed by atoms with Crippen molar-refractivity contribution >= 4 is 5.91 Å². The monoisotopic (exact) mass is 1050 g/mol.